The first-order valence-electron chi connectivity index (χ1n) is 5.08. The summed E-state index contributed by atoms with van der Waals surface area (Å²) in [6, 6.07) is 8.53. The van der Waals surface area contributed by atoms with Crippen LogP contribution in [0.1, 0.15) is 0 Å². The highest BCUT2D eigenvalue weighted by Crippen LogP contribution is 2.11. The van der Waals surface area contributed by atoms with Gasteiger partial charge < -0.3 is 25.4 Å². The lowest BCUT2D eigenvalue weighted by Crippen LogP contribution is -2.49. The van der Waals surface area contributed by atoms with Gasteiger partial charge >= 0.3 is 0 Å². The topological polar surface area (TPSA) is 99.0 Å². The lowest BCUT2D eigenvalue weighted by atomic mass is 10.3. The number of carbonyl (C=O) groups excluding carboxylic acids is 1. The number of nitrogens with one attached hydrogen (secondary N) is 1. The number of benzene rings is 1. The summed E-state index contributed by atoms with van der Waals surface area (Å²) >= 11 is 0. The standard InChI is InChI=1S/C11H15NO5/c13-6-9(15)11(12-10(16)7-14)17-8-4-2-1-3-5-8/h1-5,9,11,13-15H,6-7H2,(H,12,16). The summed E-state index contributed by atoms with van der Waals surface area (Å²) in [5.74, 6) is -0.262. The average molecular weight is 241 g/mol. The first-order chi connectivity index (χ1) is 8.17. The second kappa shape index (κ2) is 6.85. The third-order valence-corrected chi connectivity index (χ3v) is 1.99. The smallest absolute Gasteiger partial charge is 0.248 e. The third kappa shape index (κ3) is 4.39. The van der Waals surface area contributed by atoms with E-state index in [1.54, 1.807) is 30.3 Å². The Hall–Kier alpha value is -1.63. The van der Waals surface area contributed by atoms with Crippen LogP contribution in [0.2, 0.25) is 0 Å². The van der Waals surface area contributed by atoms with Gasteiger partial charge in [-0.3, -0.25) is 4.79 Å². The highest BCUT2D eigenvalue weighted by molar-refractivity contribution is 5.77. The maximum absolute atomic E-state index is 11.0. The zero-order valence-corrected chi connectivity index (χ0v) is 9.11. The number of para-hydroxylation sites is 1. The molecule has 94 valence electrons. The normalized spacial score (nSPS) is 13.8. The molecule has 1 aromatic carbocycles. The molecule has 0 aliphatic carbocycles. The highest BCUT2D eigenvalue weighted by atomic mass is 16.5. The number of aliphatic hydroxyl groups is 3. The average Bonchev–Trinajstić information content (AvgIpc) is 2.38. The molecular weight excluding hydrogens is 226 g/mol. The molecule has 6 nitrogen and oxygen atoms in total. The molecule has 1 rings (SSSR count). The molecule has 0 aromatic heterocycles. The molecule has 0 bridgehead atoms. The van der Waals surface area contributed by atoms with Gasteiger partial charge in [-0.2, -0.15) is 0 Å². The molecule has 1 aromatic rings. The molecule has 0 heterocycles. The van der Waals surface area contributed by atoms with Crippen molar-refractivity contribution in [1.82, 2.24) is 5.32 Å². The molecule has 0 saturated heterocycles. The Morgan fingerprint density at radius 1 is 1.29 bits per heavy atom. The van der Waals surface area contributed by atoms with Crippen molar-refractivity contribution in [1.29, 1.82) is 0 Å². The van der Waals surface area contributed by atoms with Crippen LogP contribution in [-0.2, 0) is 4.79 Å². The van der Waals surface area contributed by atoms with E-state index in [9.17, 15) is 9.90 Å². The second-order valence-corrected chi connectivity index (χ2v) is 3.33. The number of hydrogen-bond acceptors (Lipinski definition) is 5. The van der Waals surface area contributed by atoms with Gasteiger partial charge in [-0.15, -0.1) is 0 Å². The van der Waals surface area contributed by atoms with E-state index < -0.39 is 31.5 Å². The van der Waals surface area contributed by atoms with E-state index in [2.05, 4.69) is 5.32 Å². The van der Waals surface area contributed by atoms with Crippen LogP contribution in [0.5, 0.6) is 5.75 Å². The minimum absolute atomic E-state index is 0.434. The molecule has 17 heavy (non-hydrogen) atoms. The first kappa shape index (κ1) is 13.4. The predicted molar refractivity (Wildman–Crippen MR) is 59.2 cm³/mol. The number of aliphatic hydroxyl groups excluding tert-OH is 3. The van der Waals surface area contributed by atoms with Crippen LogP contribution < -0.4 is 10.1 Å². The van der Waals surface area contributed by atoms with Crippen LogP contribution in [0.15, 0.2) is 30.3 Å². The largest absolute Gasteiger partial charge is 0.468 e. The summed E-state index contributed by atoms with van der Waals surface area (Å²) in [4.78, 5) is 11.0. The molecule has 0 aliphatic rings. The van der Waals surface area contributed by atoms with Gasteiger partial charge in [-0.1, -0.05) is 18.2 Å². The highest BCUT2D eigenvalue weighted by Gasteiger charge is 2.22. The van der Waals surface area contributed by atoms with Crippen molar-refractivity contribution in [2.45, 2.75) is 12.3 Å². The Kier molecular flexibility index (Phi) is 5.41. The summed E-state index contributed by atoms with van der Waals surface area (Å²) < 4.78 is 5.29. The Labute approximate surface area is 98.5 Å². The third-order valence-electron chi connectivity index (χ3n) is 1.99. The molecule has 0 radical (unpaired) electrons. The minimum Gasteiger partial charge on any atom is -0.468 e. The van der Waals surface area contributed by atoms with Crippen LogP contribution in [0, 0.1) is 0 Å². The SMILES string of the molecule is O=C(CO)NC(Oc1ccccc1)C(O)CO. The van der Waals surface area contributed by atoms with Gasteiger partial charge in [0, 0.05) is 0 Å². The zero-order valence-electron chi connectivity index (χ0n) is 9.11. The van der Waals surface area contributed by atoms with Gasteiger partial charge in [0.25, 0.3) is 0 Å². The maximum Gasteiger partial charge on any atom is 0.248 e. The number of rotatable bonds is 6. The van der Waals surface area contributed by atoms with Crippen LogP contribution in [0.4, 0.5) is 0 Å². The minimum atomic E-state index is -1.27. The fourth-order valence-corrected chi connectivity index (χ4v) is 1.15. The Morgan fingerprint density at radius 2 is 1.94 bits per heavy atom. The molecule has 6 heteroatoms. The van der Waals surface area contributed by atoms with Gasteiger partial charge in [0.05, 0.1) is 6.61 Å². The van der Waals surface area contributed by atoms with Gasteiger partial charge in [0.15, 0.2) is 0 Å². The molecule has 1 amide bonds. The van der Waals surface area contributed by atoms with Crippen molar-refractivity contribution in [3.63, 3.8) is 0 Å². The van der Waals surface area contributed by atoms with Crippen LogP contribution in [0.3, 0.4) is 0 Å². The van der Waals surface area contributed by atoms with Gasteiger partial charge in [-0.05, 0) is 12.1 Å². The van der Waals surface area contributed by atoms with E-state index in [1.807, 2.05) is 0 Å². The second-order valence-electron chi connectivity index (χ2n) is 3.33. The number of ether oxygens (including phenoxy) is 1. The van der Waals surface area contributed by atoms with Crippen LogP contribution >= 0.6 is 0 Å². The van der Waals surface area contributed by atoms with Gasteiger partial charge in [0.1, 0.15) is 18.5 Å². The Balaban J connectivity index is 2.67. The van der Waals surface area contributed by atoms with Gasteiger partial charge in [-0.25, -0.2) is 0 Å². The Bertz CT molecular complexity index is 343. The maximum atomic E-state index is 11.0. The number of amides is 1. The first-order valence-corrected chi connectivity index (χ1v) is 5.08. The van der Waals surface area contributed by atoms with E-state index in [0.717, 1.165) is 0 Å². The molecule has 0 spiro atoms. The quantitative estimate of drug-likeness (QED) is 0.471. The zero-order chi connectivity index (χ0) is 12.7. The molecule has 0 fully saturated rings. The van der Waals surface area contributed by atoms with E-state index in [-0.39, 0.29) is 0 Å². The molecule has 4 N–H and O–H groups in total. The Morgan fingerprint density at radius 3 is 2.47 bits per heavy atom. The van der Waals surface area contributed by atoms with Crippen molar-refractivity contribution < 1.29 is 24.9 Å². The lowest BCUT2D eigenvalue weighted by molar-refractivity contribution is -0.129. The van der Waals surface area contributed by atoms with Crippen molar-refractivity contribution in [3.8, 4) is 5.75 Å². The van der Waals surface area contributed by atoms with Crippen LogP contribution in [-0.4, -0.2) is 46.8 Å². The van der Waals surface area contributed by atoms with Gasteiger partial charge in [0.2, 0.25) is 12.1 Å². The monoisotopic (exact) mass is 241 g/mol. The van der Waals surface area contributed by atoms with Crippen molar-refractivity contribution in [2.24, 2.45) is 0 Å². The van der Waals surface area contributed by atoms with Crippen molar-refractivity contribution in [2.75, 3.05) is 13.2 Å². The molecule has 2 atom stereocenters. The summed E-state index contributed by atoms with van der Waals surface area (Å²) in [6.45, 7) is -1.28. The van der Waals surface area contributed by atoms with E-state index in [1.165, 1.54) is 0 Å². The van der Waals surface area contributed by atoms with E-state index in [4.69, 9.17) is 14.9 Å². The lowest BCUT2D eigenvalue weighted by Gasteiger charge is -2.23. The summed E-state index contributed by atoms with van der Waals surface area (Å²) in [5, 5.41) is 29.1. The fourth-order valence-electron chi connectivity index (χ4n) is 1.15. The molecular formula is C11H15NO5. The number of hydrogen-bond donors (Lipinski definition) is 4. The number of carbonyl (C=O) groups is 1. The molecule has 2 unspecified atom stereocenters. The predicted octanol–water partition coefficient (Wildman–Crippen LogP) is -1.15. The van der Waals surface area contributed by atoms with E-state index in [0.29, 0.717) is 5.75 Å². The molecule has 0 saturated carbocycles. The summed E-state index contributed by atoms with van der Waals surface area (Å²) in [5.41, 5.74) is 0. The summed E-state index contributed by atoms with van der Waals surface area (Å²) in [7, 11) is 0. The van der Waals surface area contributed by atoms with E-state index >= 15 is 0 Å². The molecule has 0 aliphatic heterocycles. The van der Waals surface area contributed by atoms with Crippen LogP contribution in [0.25, 0.3) is 0 Å². The van der Waals surface area contributed by atoms with Crippen molar-refractivity contribution in [3.05, 3.63) is 30.3 Å². The van der Waals surface area contributed by atoms with Crippen molar-refractivity contribution >= 4 is 5.91 Å². The fraction of sp³-hybridized carbons (Fsp3) is 0.364. The summed E-state index contributed by atoms with van der Waals surface area (Å²) in [6.07, 6.45) is -2.38.